The van der Waals surface area contributed by atoms with Gasteiger partial charge in [0.15, 0.2) is 0 Å². The second-order valence-corrected chi connectivity index (χ2v) is 4.75. The molecule has 0 saturated carbocycles. The van der Waals surface area contributed by atoms with Gasteiger partial charge in [-0.25, -0.2) is 0 Å². The minimum Gasteiger partial charge on any atom is -0.481 e. The lowest BCUT2D eigenvalue weighted by atomic mass is 9.97. The number of piperidine rings is 1. The third-order valence-electron chi connectivity index (χ3n) is 3.31. The summed E-state index contributed by atoms with van der Waals surface area (Å²) < 4.78 is 5.32. The third-order valence-corrected chi connectivity index (χ3v) is 3.31. The predicted molar refractivity (Wildman–Crippen MR) is 67.3 cm³/mol. The summed E-state index contributed by atoms with van der Waals surface area (Å²) in [6, 6.07) is 0. The van der Waals surface area contributed by atoms with E-state index in [1.807, 2.05) is 0 Å². The van der Waals surface area contributed by atoms with E-state index in [0.717, 1.165) is 19.3 Å². The zero-order chi connectivity index (χ0) is 13.4. The molecule has 0 unspecified atom stereocenters. The Hall–Kier alpha value is -1.10. The molecular formula is C13H23NO4. The van der Waals surface area contributed by atoms with Crippen LogP contribution in [0.3, 0.4) is 0 Å². The molecule has 18 heavy (non-hydrogen) atoms. The number of carboxylic acids is 1. The second-order valence-electron chi connectivity index (χ2n) is 4.75. The van der Waals surface area contributed by atoms with E-state index in [9.17, 15) is 9.59 Å². The van der Waals surface area contributed by atoms with Crippen molar-refractivity contribution in [1.29, 1.82) is 0 Å². The fraction of sp³-hybridized carbons (Fsp3) is 0.846. The Labute approximate surface area is 108 Å². The van der Waals surface area contributed by atoms with Crippen LogP contribution in [0, 0.1) is 5.92 Å². The first-order chi connectivity index (χ1) is 8.65. The first kappa shape index (κ1) is 15.0. The topological polar surface area (TPSA) is 66.8 Å². The largest absolute Gasteiger partial charge is 0.481 e. The number of ether oxygens (including phenoxy) is 1. The van der Waals surface area contributed by atoms with E-state index in [1.165, 1.54) is 0 Å². The number of rotatable bonds is 7. The van der Waals surface area contributed by atoms with Crippen LogP contribution in [0.1, 0.15) is 39.0 Å². The highest BCUT2D eigenvalue weighted by Crippen LogP contribution is 2.17. The van der Waals surface area contributed by atoms with Gasteiger partial charge in [-0.15, -0.1) is 0 Å². The summed E-state index contributed by atoms with van der Waals surface area (Å²) in [4.78, 5) is 24.2. The van der Waals surface area contributed by atoms with E-state index in [-0.39, 0.29) is 18.4 Å². The van der Waals surface area contributed by atoms with Gasteiger partial charge in [-0.3, -0.25) is 9.59 Å². The molecular weight excluding hydrogens is 234 g/mol. The molecule has 1 aliphatic heterocycles. The Bertz CT molecular complexity index is 272. The van der Waals surface area contributed by atoms with Gasteiger partial charge in [-0.05, 0) is 19.3 Å². The molecule has 1 heterocycles. The number of carbonyl (C=O) groups excluding carboxylic acids is 1. The molecule has 1 aliphatic rings. The van der Waals surface area contributed by atoms with Gasteiger partial charge in [0.1, 0.15) is 6.61 Å². The van der Waals surface area contributed by atoms with Gasteiger partial charge >= 0.3 is 5.97 Å². The third kappa shape index (κ3) is 5.04. The number of carboxylic acid groups (broad SMARTS) is 1. The van der Waals surface area contributed by atoms with Crippen molar-refractivity contribution >= 4 is 11.9 Å². The Balaban J connectivity index is 2.14. The van der Waals surface area contributed by atoms with Gasteiger partial charge in [-0.1, -0.05) is 19.8 Å². The fourth-order valence-electron chi connectivity index (χ4n) is 2.08. The predicted octanol–water partition coefficient (Wildman–Crippen LogP) is 1.52. The van der Waals surface area contributed by atoms with Crippen LogP contribution in [0.4, 0.5) is 0 Å². The highest BCUT2D eigenvalue weighted by molar-refractivity contribution is 5.78. The Morgan fingerprint density at radius 1 is 1.28 bits per heavy atom. The molecule has 104 valence electrons. The van der Waals surface area contributed by atoms with E-state index in [4.69, 9.17) is 9.84 Å². The molecule has 0 atom stereocenters. The minimum absolute atomic E-state index is 0.0182. The number of amides is 1. The molecule has 0 spiro atoms. The summed E-state index contributed by atoms with van der Waals surface area (Å²) in [6.07, 6.45) is 4.36. The molecule has 1 rings (SSSR count). The standard InChI is InChI=1S/C13H23NO4/c1-2-3-4-9-18-10-12(15)14-7-5-11(6-8-14)13(16)17/h11H,2-10H2,1H3,(H,16,17). The van der Waals surface area contributed by atoms with E-state index in [1.54, 1.807) is 4.90 Å². The highest BCUT2D eigenvalue weighted by atomic mass is 16.5. The van der Waals surface area contributed by atoms with Crippen molar-refractivity contribution in [1.82, 2.24) is 4.90 Å². The van der Waals surface area contributed by atoms with Crippen LogP contribution in [0.2, 0.25) is 0 Å². The SMILES string of the molecule is CCCCCOCC(=O)N1CCC(C(=O)O)CC1. The molecule has 1 N–H and O–H groups in total. The van der Waals surface area contributed by atoms with Crippen LogP contribution in [-0.4, -0.2) is 48.2 Å². The lowest BCUT2D eigenvalue weighted by Gasteiger charge is -2.30. The Morgan fingerprint density at radius 2 is 1.94 bits per heavy atom. The molecule has 0 aliphatic carbocycles. The van der Waals surface area contributed by atoms with Crippen LogP contribution < -0.4 is 0 Å². The first-order valence-corrected chi connectivity index (χ1v) is 6.73. The van der Waals surface area contributed by atoms with Crippen molar-refractivity contribution in [3.63, 3.8) is 0 Å². The molecule has 1 fully saturated rings. The van der Waals surface area contributed by atoms with E-state index < -0.39 is 5.97 Å². The summed E-state index contributed by atoms with van der Waals surface area (Å²) >= 11 is 0. The van der Waals surface area contributed by atoms with Gasteiger partial charge in [0.2, 0.25) is 5.91 Å². The lowest BCUT2D eigenvalue weighted by molar-refractivity contribution is -0.146. The maximum atomic E-state index is 11.8. The lowest BCUT2D eigenvalue weighted by Crippen LogP contribution is -2.41. The van der Waals surface area contributed by atoms with Crippen LogP contribution in [0.15, 0.2) is 0 Å². The number of hydrogen-bond acceptors (Lipinski definition) is 3. The molecule has 0 aromatic heterocycles. The maximum absolute atomic E-state index is 11.8. The zero-order valence-corrected chi connectivity index (χ0v) is 11.1. The van der Waals surface area contributed by atoms with Crippen molar-refractivity contribution in [2.24, 2.45) is 5.92 Å². The van der Waals surface area contributed by atoms with Crippen molar-refractivity contribution in [2.45, 2.75) is 39.0 Å². The number of nitrogens with zero attached hydrogens (tertiary/aromatic N) is 1. The average molecular weight is 257 g/mol. The van der Waals surface area contributed by atoms with Crippen molar-refractivity contribution in [2.75, 3.05) is 26.3 Å². The van der Waals surface area contributed by atoms with Crippen LogP contribution >= 0.6 is 0 Å². The number of likely N-dealkylation sites (tertiary alicyclic amines) is 1. The van der Waals surface area contributed by atoms with Gasteiger partial charge in [-0.2, -0.15) is 0 Å². The summed E-state index contributed by atoms with van der Waals surface area (Å²) in [6.45, 7) is 3.95. The summed E-state index contributed by atoms with van der Waals surface area (Å²) in [5.74, 6) is -1.06. The van der Waals surface area contributed by atoms with Crippen molar-refractivity contribution < 1.29 is 19.4 Å². The zero-order valence-electron chi connectivity index (χ0n) is 11.1. The van der Waals surface area contributed by atoms with Gasteiger partial charge in [0.05, 0.1) is 5.92 Å². The molecule has 5 nitrogen and oxygen atoms in total. The molecule has 5 heteroatoms. The number of unbranched alkanes of at least 4 members (excludes halogenated alkanes) is 2. The number of aliphatic carboxylic acids is 1. The van der Waals surface area contributed by atoms with Gasteiger partial charge < -0.3 is 14.7 Å². The number of hydrogen-bond donors (Lipinski definition) is 1. The fourth-order valence-corrected chi connectivity index (χ4v) is 2.08. The molecule has 1 amide bonds. The van der Waals surface area contributed by atoms with Gasteiger partial charge in [0, 0.05) is 19.7 Å². The average Bonchev–Trinajstić information content (AvgIpc) is 2.38. The van der Waals surface area contributed by atoms with Crippen LogP contribution in [0.25, 0.3) is 0 Å². The van der Waals surface area contributed by atoms with Crippen molar-refractivity contribution in [3.8, 4) is 0 Å². The number of carbonyl (C=O) groups is 2. The summed E-state index contributed by atoms with van der Waals surface area (Å²) in [7, 11) is 0. The molecule has 0 aromatic carbocycles. The Kier molecular flexibility index (Phi) is 6.72. The quantitative estimate of drug-likeness (QED) is 0.702. The molecule has 0 bridgehead atoms. The van der Waals surface area contributed by atoms with E-state index >= 15 is 0 Å². The molecule has 0 radical (unpaired) electrons. The van der Waals surface area contributed by atoms with Crippen molar-refractivity contribution in [3.05, 3.63) is 0 Å². The Morgan fingerprint density at radius 3 is 2.50 bits per heavy atom. The summed E-state index contributed by atoms with van der Waals surface area (Å²) in [5, 5.41) is 8.86. The smallest absolute Gasteiger partial charge is 0.306 e. The minimum atomic E-state index is -0.752. The van der Waals surface area contributed by atoms with Gasteiger partial charge in [0.25, 0.3) is 0 Å². The normalized spacial score (nSPS) is 16.8. The molecule has 0 aromatic rings. The van der Waals surface area contributed by atoms with Crippen LogP contribution in [-0.2, 0) is 14.3 Å². The maximum Gasteiger partial charge on any atom is 0.306 e. The van der Waals surface area contributed by atoms with Crippen LogP contribution in [0.5, 0.6) is 0 Å². The monoisotopic (exact) mass is 257 g/mol. The highest BCUT2D eigenvalue weighted by Gasteiger charge is 2.26. The van der Waals surface area contributed by atoms with E-state index in [2.05, 4.69) is 6.92 Å². The second kappa shape index (κ2) is 8.08. The summed E-state index contributed by atoms with van der Waals surface area (Å²) in [5.41, 5.74) is 0. The molecule has 1 saturated heterocycles. The first-order valence-electron chi connectivity index (χ1n) is 6.73. The van der Waals surface area contributed by atoms with E-state index in [0.29, 0.717) is 32.5 Å².